The molecule has 0 bridgehead atoms. The Hall–Kier alpha value is -2.37. The molecule has 0 unspecified atom stereocenters. The second-order valence-electron chi connectivity index (χ2n) is 4.68. The van der Waals surface area contributed by atoms with E-state index in [1.165, 1.54) is 0 Å². The SMILES string of the molecule is O=C(O)C1CN(c2ccc(Cn3ccnc3)nc2)C1. The summed E-state index contributed by atoms with van der Waals surface area (Å²) in [6.07, 6.45) is 7.18. The summed E-state index contributed by atoms with van der Waals surface area (Å²) in [7, 11) is 0. The van der Waals surface area contributed by atoms with Gasteiger partial charge in [-0.25, -0.2) is 4.98 Å². The highest BCUT2D eigenvalue weighted by Crippen LogP contribution is 2.24. The normalized spacial score (nSPS) is 15.3. The fourth-order valence-corrected chi connectivity index (χ4v) is 2.11. The molecule has 0 amide bonds. The molecule has 19 heavy (non-hydrogen) atoms. The van der Waals surface area contributed by atoms with E-state index >= 15 is 0 Å². The van der Waals surface area contributed by atoms with Gasteiger partial charge in [-0.1, -0.05) is 0 Å². The maximum absolute atomic E-state index is 10.7. The summed E-state index contributed by atoms with van der Waals surface area (Å²) in [5, 5.41) is 8.83. The topological polar surface area (TPSA) is 71.2 Å². The van der Waals surface area contributed by atoms with E-state index in [1.807, 2.05) is 27.8 Å². The van der Waals surface area contributed by atoms with E-state index in [0.717, 1.165) is 11.4 Å². The Labute approximate surface area is 110 Å². The molecule has 3 rings (SSSR count). The highest BCUT2D eigenvalue weighted by molar-refractivity contribution is 5.74. The third kappa shape index (κ3) is 2.42. The number of anilines is 1. The summed E-state index contributed by atoms with van der Waals surface area (Å²) >= 11 is 0. The number of carboxylic acid groups (broad SMARTS) is 1. The summed E-state index contributed by atoms with van der Waals surface area (Å²) in [6, 6.07) is 3.95. The zero-order chi connectivity index (χ0) is 13.2. The highest BCUT2D eigenvalue weighted by Gasteiger charge is 2.32. The minimum atomic E-state index is -0.721. The highest BCUT2D eigenvalue weighted by atomic mass is 16.4. The van der Waals surface area contributed by atoms with Crippen molar-refractivity contribution >= 4 is 11.7 Å². The molecule has 1 aliphatic heterocycles. The lowest BCUT2D eigenvalue weighted by Crippen LogP contribution is -2.50. The van der Waals surface area contributed by atoms with Crippen molar-refractivity contribution in [2.24, 2.45) is 5.92 Å². The maximum atomic E-state index is 10.7. The Kier molecular flexibility index (Phi) is 2.91. The molecule has 1 aliphatic rings. The first-order chi connectivity index (χ1) is 9.22. The van der Waals surface area contributed by atoms with Crippen molar-refractivity contribution in [1.82, 2.24) is 14.5 Å². The molecule has 0 aromatic carbocycles. The number of rotatable bonds is 4. The van der Waals surface area contributed by atoms with Crippen LogP contribution in [-0.2, 0) is 11.3 Å². The molecule has 2 aromatic heterocycles. The summed E-state index contributed by atoms with van der Waals surface area (Å²) in [5.74, 6) is -0.966. The number of pyridine rings is 1. The predicted octanol–water partition coefficient (Wildman–Crippen LogP) is 0.847. The van der Waals surface area contributed by atoms with E-state index in [1.54, 1.807) is 18.7 Å². The Morgan fingerprint density at radius 1 is 1.42 bits per heavy atom. The van der Waals surface area contributed by atoms with Crippen molar-refractivity contribution in [1.29, 1.82) is 0 Å². The third-order valence-corrected chi connectivity index (χ3v) is 3.31. The van der Waals surface area contributed by atoms with Crippen molar-refractivity contribution < 1.29 is 9.90 Å². The molecule has 0 saturated carbocycles. The van der Waals surface area contributed by atoms with Crippen LogP contribution in [0, 0.1) is 5.92 Å². The average molecular weight is 258 g/mol. The summed E-state index contributed by atoms with van der Waals surface area (Å²) in [6.45, 7) is 1.83. The van der Waals surface area contributed by atoms with E-state index in [2.05, 4.69) is 9.97 Å². The van der Waals surface area contributed by atoms with Gasteiger partial charge in [0.05, 0.1) is 36.4 Å². The summed E-state index contributed by atoms with van der Waals surface area (Å²) in [4.78, 5) is 21.1. The molecular formula is C13H14N4O2. The van der Waals surface area contributed by atoms with Crippen molar-refractivity contribution in [3.63, 3.8) is 0 Å². The van der Waals surface area contributed by atoms with Gasteiger partial charge in [0, 0.05) is 25.5 Å². The molecule has 1 fully saturated rings. The molecule has 6 nitrogen and oxygen atoms in total. The second-order valence-corrected chi connectivity index (χ2v) is 4.68. The third-order valence-electron chi connectivity index (χ3n) is 3.31. The number of carboxylic acids is 1. The number of aromatic nitrogens is 3. The molecule has 1 N–H and O–H groups in total. The first kappa shape index (κ1) is 11.7. The fraction of sp³-hybridized carbons (Fsp3) is 0.308. The van der Waals surface area contributed by atoms with E-state index in [9.17, 15) is 4.79 Å². The van der Waals surface area contributed by atoms with Gasteiger partial charge < -0.3 is 14.6 Å². The first-order valence-corrected chi connectivity index (χ1v) is 6.11. The molecule has 0 atom stereocenters. The van der Waals surface area contributed by atoms with Crippen molar-refractivity contribution in [3.8, 4) is 0 Å². The minimum absolute atomic E-state index is 0.245. The van der Waals surface area contributed by atoms with Gasteiger partial charge in [-0.2, -0.15) is 0 Å². The van der Waals surface area contributed by atoms with E-state index in [0.29, 0.717) is 19.6 Å². The van der Waals surface area contributed by atoms with E-state index in [4.69, 9.17) is 5.11 Å². The van der Waals surface area contributed by atoms with Crippen molar-refractivity contribution in [2.75, 3.05) is 18.0 Å². The average Bonchev–Trinajstić information content (AvgIpc) is 2.82. The minimum Gasteiger partial charge on any atom is -0.481 e. The molecular weight excluding hydrogens is 244 g/mol. The van der Waals surface area contributed by atoms with Gasteiger partial charge in [-0.05, 0) is 12.1 Å². The Balaban J connectivity index is 1.62. The van der Waals surface area contributed by atoms with Crippen LogP contribution in [-0.4, -0.2) is 38.7 Å². The van der Waals surface area contributed by atoms with Gasteiger partial charge >= 0.3 is 5.97 Å². The Morgan fingerprint density at radius 2 is 2.26 bits per heavy atom. The van der Waals surface area contributed by atoms with Gasteiger partial charge in [0.25, 0.3) is 0 Å². The monoisotopic (exact) mass is 258 g/mol. The van der Waals surface area contributed by atoms with Crippen LogP contribution in [0.25, 0.3) is 0 Å². The molecule has 2 aromatic rings. The van der Waals surface area contributed by atoms with Crippen LogP contribution in [0.15, 0.2) is 37.1 Å². The van der Waals surface area contributed by atoms with Gasteiger partial charge in [-0.3, -0.25) is 9.78 Å². The van der Waals surface area contributed by atoms with Crippen molar-refractivity contribution in [3.05, 3.63) is 42.7 Å². The number of hydrogen-bond donors (Lipinski definition) is 1. The second kappa shape index (κ2) is 4.72. The maximum Gasteiger partial charge on any atom is 0.310 e. The van der Waals surface area contributed by atoms with Gasteiger partial charge in [-0.15, -0.1) is 0 Å². The predicted molar refractivity (Wildman–Crippen MR) is 68.9 cm³/mol. The molecule has 6 heteroatoms. The first-order valence-electron chi connectivity index (χ1n) is 6.11. The number of imidazole rings is 1. The largest absolute Gasteiger partial charge is 0.481 e. The van der Waals surface area contributed by atoms with Crippen LogP contribution in [0.4, 0.5) is 5.69 Å². The number of aliphatic carboxylic acids is 1. The lowest BCUT2D eigenvalue weighted by Gasteiger charge is -2.38. The lowest BCUT2D eigenvalue weighted by atomic mass is 10.00. The molecule has 0 aliphatic carbocycles. The smallest absolute Gasteiger partial charge is 0.310 e. The lowest BCUT2D eigenvalue weighted by molar-refractivity contribution is -0.142. The van der Waals surface area contributed by atoms with Crippen LogP contribution in [0.5, 0.6) is 0 Å². The van der Waals surface area contributed by atoms with Crippen LogP contribution < -0.4 is 4.90 Å². The van der Waals surface area contributed by atoms with Crippen molar-refractivity contribution in [2.45, 2.75) is 6.54 Å². The van der Waals surface area contributed by atoms with E-state index < -0.39 is 5.97 Å². The zero-order valence-corrected chi connectivity index (χ0v) is 10.3. The number of hydrogen-bond acceptors (Lipinski definition) is 4. The quantitative estimate of drug-likeness (QED) is 0.880. The molecule has 0 spiro atoms. The molecule has 0 radical (unpaired) electrons. The zero-order valence-electron chi connectivity index (χ0n) is 10.3. The molecule has 98 valence electrons. The number of carbonyl (C=O) groups is 1. The van der Waals surface area contributed by atoms with E-state index in [-0.39, 0.29) is 5.92 Å². The van der Waals surface area contributed by atoms with Crippen LogP contribution >= 0.6 is 0 Å². The van der Waals surface area contributed by atoms with Crippen LogP contribution in [0.1, 0.15) is 5.69 Å². The molecule has 3 heterocycles. The van der Waals surface area contributed by atoms with Gasteiger partial charge in [0.1, 0.15) is 0 Å². The van der Waals surface area contributed by atoms with Crippen LogP contribution in [0.2, 0.25) is 0 Å². The van der Waals surface area contributed by atoms with Gasteiger partial charge in [0.2, 0.25) is 0 Å². The molecule has 1 saturated heterocycles. The number of nitrogens with zero attached hydrogens (tertiary/aromatic N) is 4. The summed E-state index contributed by atoms with van der Waals surface area (Å²) in [5.41, 5.74) is 1.93. The van der Waals surface area contributed by atoms with Crippen LogP contribution in [0.3, 0.4) is 0 Å². The fourth-order valence-electron chi connectivity index (χ4n) is 2.11. The van der Waals surface area contributed by atoms with Gasteiger partial charge in [0.15, 0.2) is 0 Å². The standard InChI is InChI=1S/C13H14N4O2/c18-13(19)10-6-17(7-10)12-2-1-11(15-5-12)8-16-4-3-14-9-16/h1-5,9-10H,6-8H2,(H,18,19). The summed E-state index contributed by atoms with van der Waals surface area (Å²) < 4.78 is 1.95. The Morgan fingerprint density at radius 3 is 2.84 bits per heavy atom. The Bertz CT molecular complexity index is 559.